The molecule has 0 aromatic heterocycles. The van der Waals surface area contributed by atoms with Crippen molar-refractivity contribution in [3.8, 4) is 0 Å². The summed E-state index contributed by atoms with van der Waals surface area (Å²) in [6.07, 6.45) is 0. The molecule has 1 aromatic carbocycles. The Bertz CT molecular complexity index is 240. The lowest BCUT2D eigenvalue weighted by atomic mass is 10.2. The first-order valence-corrected chi connectivity index (χ1v) is 4.89. The third-order valence-electron chi connectivity index (χ3n) is 1.35. The van der Waals surface area contributed by atoms with Gasteiger partial charge in [0.15, 0.2) is 0 Å². The average Bonchev–Trinajstić information content (AvgIpc) is 1.86. The van der Waals surface area contributed by atoms with Crippen LogP contribution in [0.15, 0.2) is 24.3 Å². The number of hydrogen-bond acceptors (Lipinski definition) is 0. The first-order chi connectivity index (χ1) is 5.00. The van der Waals surface area contributed by atoms with Crippen molar-refractivity contribution in [2.45, 2.75) is 3.96 Å². The highest BCUT2D eigenvalue weighted by molar-refractivity contribution is 6.64. The first-order valence-electron chi connectivity index (χ1n) is 3.14. The van der Waals surface area contributed by atoms with Crippen LogP contribution in [0.2, 0.25) is 0 Å². The molecule has 0 atom stereocenters. The summed E-state index contributed by atoms with van der Waals surface area (Å²) in [5, 5.41) is 0. The molecule has 1 aromatic rings. The van der Waals surface area contributed by atoms with E-state index in [4.69, 9.17) is 23.2 Å². The molecule has 0 radical (unpaired) electrons. The Hall–Kier alpha value is -0.0531. The molecule has 0 unspecified atom stereocenters. The quantitative estimate of drug-likeness (QED) is 0.488. The van der Waals surface area contributed by atoms with Gasteiger partial charge in [-0.3, -0.25) is 0 Å². The minimum Gasteiger partial charge on any atom is -0.207 e. The van der Waals surface area contributed by atoms with E-state index in [1.807, 2.05) is 0 Å². The van der Waals surface area contributed by atoms with Gasteiger partial charge in [-0.15, -0.1) is 23.2 Å². The van der Waals surface area contributed by atoms with Gasteiger partial charge in [0.25, 0.3) is 0 Å². The van der Waals surface area contributed by atoms with Crippen LogP contribution in [-0.4, -0.2) is 10.2 Å². The molecule has 0 spiro atoms. The molecule has 11 heavy (non-hydrogen) atoms. The zero-order chi connectivity index (χ0) is 8.48. The summed E-state index contributed by atoms with van der Waals surface area (Å²) in [6, 6.07) is 5.91. The predicted molar refractivity (Wildman–Crippen MR) is 49.7 cm³/mol. The number of alkyl halides is 2. The third-order valence-corrected chi connectivity index (χ3v) is 2.36. The molecule has 0 aliphatic carbocycles. The van der Waals surface area contributed by atoms with Crippen molar-refractivity contribution in [2.24, 2.45) is 0 Å². The molecule has 0 nitrogen and oxygen atoms in total. The maximum Gasteiger partial charge on any atom is 0.123 e. The van der Waals surface area contributed by atoms with E-state index >= 15 is 0 Å². The standard InChI is InChI=1S/C7H7Cl2FSi/c8-7(9,11)5-1-3-6(10)4-2-5/h1-4H,11H3. The fraction of sp³-hybridized carbons (Fsp3) is 0.143. The van der Waals surface area contributed by atoms with Crippen LogP contribution in [0.5, 0.6) is 0 Å². The maximum absolute atomic E-state index is 12.4. The summed E-state index contributed by atoms with van der Waals surface area (Å²) in [5.74, 6) is -0.270. The molecule has 1 rings (SSSR count). The van der Waals surface area contributed by atoms with Crippen LogP contribution in [0.3, 0.4) is 0 Å². The molecular weight excluding hydrogens is 202 g/mol. The molecule has 0 aliphatic heterocycles. The highest BCUT2D eigenvalue weighted by atomic mass is 35.5. The molecule has 0 aliphatic rings. The van der Waals surface area contributed by atoms with E-state index in [2.05, 4.69) is 0 Å². The second-order valence-electron chi connectivity index (χ2n) is 2.40. The molecule has 60 valence electrons. The van der Waals surface area contributed by atoms with Crippen LogP contribution < -0.4 is 0 Å². The van der Waals surface area contributed by atoms with E-state index in [0.717, 1.165) is 5.56 Å². The molecule has 4 heteroatoms. The summed E-state index contributed by atoms with van der Waals surface area (Å²) < 4.78 is 11.6. The van der Waals surface area contributed by atoms with Crippen molar-refractivity contribution in [1.29, 1.82) is 0 Å². The average molecular weight is 209 g/mol. The topological polar surface area (TPSA) is 0 Å². The van der Waals surface area contributed by atoms with Crippen molar-refractivity contribution in [1.82, 2.24) is 0 Å². The molecule has 0 saturated carbocycles. The van der Waals surface area contributed by atoms with Gasteiger partial charge in [0.1, 0.15) is 9.77 Å². The van der Waals surface area contributed by atoms with Gasteiger partial charge < -0.3 is 0 Å². The highest BCUT2D eigenvalue weighted by Crippen LogP contribution is 2.29. The molecule has 0 amide bonds. The monoisotopic (exact) mass is 208 g/mol. The van der Waals surface area contributed by atoms with Gasteiger partial charge in [0.05, 0.1) is 10.2 Å². The zero-order valence-electron chi connectivity index (χ0n) is 5.94. The lowest BCUT2D eigenvalue weighted by Gasteiger charge is -2.12. The second kappa shape index (κ2) is 3.13. The molecule has 0 saturated heterocycles. The molecule has 0 heterocycles. The van der Waals surface area contributed by atoms with Gasteiger partial charge in [-0.2, -0.15) is 0 Å². The van der Waals surface area contributed by atoms with E-state index in [1.165, 1.54) is 12.1 Å². The number of halogens is 3. The predicted octanol–water partition coefficient (Wildman–Crippen LogP) is 1.78. The fourth-order valence-electron chi connectivity index (χ4n) is 0.743. The van der Waals surface area contributed by atoms with Crippen LogP contribution >= 0.6 is 23.2 Å². The van der Waals surface area contributed by atoms with Gasteiger partial charge in [-0.05, 0) is 17.7 Å². The molecule has 0 fully saturated rings. The summed E-state index contributed by atoms with van der Waals surface area (Å²) in [5.41, 5.74) is 0.758. The summed E-state index contributed by atoms with van der Waals surface area (Å²) in [4.78, 5) is 0. The Morgan fingerprint density at radius 3 is 2.00 bits per heavy atom. The summed E-state index contributed by atoms with van der Waals surface area (Å²) >= 11 is 11.6. The SMILES string of the molecule is Fc1ccc(C([SiH3])(Cl)Cl)cc1. The minimum absolute atomic E-state index is 0.270. The number of rotatable bonds is 1. The van der Waals surface area contributed by atoms with Crippen LogP contribution in [-0.2, 0) is 3.96 Å². The second-order valence-corrected chi connectivity index (χ2v) is 6.87. The van der Waals surface area contributed by atoms with Crippen molar-refractivity contribution in [3.63, 3.8) is 0 Å². The van der Waals surface area contributed by atoms with E-state index in [-0.39, 0.29) is 5.82 Å². The summed E-state index contributed by atoms with van der Waals surface area (Å²) in [6.45, 7) is 0. The molecule has 0 N–H and O–H groups in total. The Balaban J connectivity index is 2.99. The third kappa shape index (κ3) is 2.47. The van der Waals surface area contributed by atoms with Crippen LogP contribution in [0.1, 0.15) is 5.56 Å². The Labute approximate surface area is 77.7 Å². The highest BCUT2D eigenvalue weighted by Gasteiger charge is 2.18. The van der Waals surface area contributed by atoms with Gasteiger partial charge in [-0.1, -0.05) is 12.1 Å². The molecule has 0 bridgehead atoms. The first kappa shape index (κ1) is 9.04. The number of hydrogen-bond donors (Lipinski definition) is 0. The Morgan fingerprint density at radius 1 is 1.18 bits per heavy atom. The number of benzene rings is 1. The summed E-state index contributed by atoms with van der Waals surface area (Å²) in [7, 11) is 0.622. The smallest absolute Gasteiger partial charge is 0.123 e. The van der Waals surface area contributed by atoms with Crippen LogP contribution in [0.25, 0.3) is 0 Å². The zero-order valence-corrected chi connectivity index (χ0v) is 9.46. The Morgan fingerprint density at radius 2 is 1.64 bits per heavy atom. The van der Waals surface area contributed by atoms with E-state index in [1.54, 1.807) is 12.1 Å². The van der Waals surface area contributed by atoms with Gasteiger partial charge in [0, 0.05) is 0 Å². The lowest BCUT2D eigenvalue weighted by molar-refractivity contribution is 0.627. The van der Waals surface area contributed by atoms with Gasteiger partial charge >= 0.3 is 0 Å². The van der Waals surface area contributed by atoms with Crippen LogP contribution in [0, 0.1) is 5.82 Å². The Kier molecular flexibility index (Phi) is 2.57. The van der Waals surface area contributed by atoms with Crippen molar-refractivity contribution in [2.75, 3.05) is 0 Å². The van der Waals surface area contributed by atoms with E-state index < -0.39 is 3.96 Å². The van der Waals surface area contributed by atoms with E-state index in [0.29, 0.717) is 10.2 Å². The van der Waals surface area contributed by atoms with E-state index in [9.17, 15) is 4.39 Å². The fourth-order valence-corrected chi connectivity index (χ4v) is 1.33. The van der Waals surface area contributed by atoms with Gasteiger partial charge in [0.2, 0.25) is 0 Å². The minimum atomic E-state index is -0.798. The van der Waals surface area contributed by atoms with Crippen molar-refractivity contribution in [3.05, 3.63) is 35.6 Å². The molecular formula is C7H7Cl2FSi. The normalized spacial score (nSPS) is 11.9. The van der Waals surface area contributed by atoms with Crippen molar-refractivity contribution >= 4 is 33.4 Å². The maximum atomic E-state index is 12.4. The lowest BCUT2D eigenvalue weighted by Crippen LogP contribution is -2.08. The largest absolute Gasteiger partial charge is 0.207 e. The van der Waals surface area contributed by atoms with Crippen LogP contribution in [0.4, 0.5) is 4.39 Å². The van der Waals surface area contributed by atoms with Crippen molar-refractivity contribution < 1.29 is 4.39 Å². The van der Waals surface area contributed by atoms with Gasteiger partial charge in [-0.25, -0.2) is 4.39 Å².